The quantitative estimate of drug-likeness (QED) is 0.710. The molecule has 0 saturated carbocycles. The minimum absolute atomic E-state index is 0.0100. The van der Waals surface area contributed by atoms with E-state index in [1.807, 2.05) is 27.7 Å². The summed E-state index contributed by atoms with van der Waals surface area (Å²) in [5, 5.41) is 8.89. The lowest BCUT2D eigenvalue weighted by Crippen LogP contribution is -2.51. The number of carbonyl (C=O) groups is 2. The highest BCUT2D eigenvalue weighted by Gasteiger charge is 2.27. The average Bonchev–Trinajstić information content (AvgIpc) is 2.30. The fourth-order valence-electron chi connectivity index (χ4n) is 1.59. The molecule has 0 saturated heterocycles. The van der Waals surface area contributed by atoms with Crippen LogP contribution in [-0.4, -0.2) is 52.1 Å². The normalized spacial score (nSPS) is 12.1. The Labute approximate surface area is 109 Å². The Hall–Kier alpha value is -1.52. The zero-order valence-electron chi connectivity index (χ0n) is 11.7. The summed E-state index contributed by atoms with van der Waals surface area (Å²) in [7, 11) is 0. The molecule has 0 aromatic carbocycles. The summed E-state index contributed by atoms with van der Waals surface area (Å²) >= 11 is 0. The van der Waals surface area contributed by atoms with E-state index in [1.165, 1.54) is 4.90 Å². The Morgan fingerprint density at radius 3 is 2.17 bits per heavy atom. The number of amides is 2. The third kappa shape index (κ3) is 4.77. The Morgan fingerprint density at radius 1 is 1.28 bits per heavy atom. The summed E-state index contributed by atoms with van der Waals surface area (Å²) in [4.78, 5) is 26.2. The molecule has 1 N–H and O–H groups in total. The molecule has 0 aliphatic heterocycles. The van der Waals surface area contributed by atoms with Crippen LogP contribution in [0.4, 0.5) is 4.79 Å². The first-order valence-electron chi connectivity index (χ1n) is 6.25. The molecule has 0 aromatic rings. The van der Waals surface area contributed by atoms with Crippen molar-refractivity contribution in [1.29, 1.82) is 0 Å². The van der Waals surface area contributed by atoms with Gasteiger partial charge in [-0.2, -0.15) is 0 Å². The van der Waals surface area contributed by atoms with E-state index < -0.39 is 5.97 Å². The standard InChI is InChI=1S/C13H24N2O3/c1-6-8-14(10(3)4)13(18)15(9-12(16)17)11(5)7-2/h6,10-11H,1,7-9H2,2-5H3,(H,16,17). The number of carboxylic acids is 1. The van der Waals surface area contributed by atoms with E-state index >= 15 is 0 Å². The maximum Gasteiger partial charge on any atom is 0.323 e. The molecule has 1 unspecified atom stereocenters. The third-order valence-electron chi connectivity index (χ3n) is 2.87. The van der Waals surface area contributed by atoms with Crippen LogP contribution in [0, 0.1) is 0 Å². The maximum absolute atomic E-state index is 12.4. The summed E-state index contributed by atoms with van der Waals surface area (Å²) in [6, 6.07) is -0.336. The van der Waals surface area contributed by atoms with E-state index in [0.717, 1.165) is 6.42 Å². The molecule has 18 heavy (non-hydrogen) atoms. The number of hydrogen-bond donors (Lipinski definition) is 1. The first-order chi connectivity index (χ1) is 8.34. The van der Waals surface area contributed by atoms with Crippen LogP contribution in [-0.2, 0) is 4.79 Å². The van der Waals surface area contributed by atoms with E-state index in [2.05, 4.69) is 6.58 Å². The number of aliphatic carboxylic acids is 1. The van der Waals surface area contributed by atoms with Crippen molar-refractivity contribution in [1.82, 2.24) is 9.80 Å². The van der Waals surface area contributed by atoms with E-state index in [-0.39, 0.29) is 24.7 Å². The van der Waals surface area contributed by atoms with E-state index in [4.69, 9.17) is 5.11 Å². The largest absolute Gasteiger partial charge is 0.480 e. The first kappa shape index (κ1) is 16.5. The molecule has 0 spiro atoms. The van der Waals surface area contributed by atoms with Gasteiger partial charge in [0.2, 0.25) is 0 Å². The number of carbonyl (C=O) groups excluding carboxylic acids is 1. The van der Waals surface area contributed by atoms with Gasteiger partial charge in [0, 0.05) is 18.6 Å². The molecule has 0 fully saturated rings. The molecule has 0 aliphatic carbocycles. The summed E-state index contributed by atoms with van der Waals surface area (Å²) in [5.74, 6) is -0.994. The molecular formula is C13H24N2O3. The van der Waals surface area contributed by atoms with Crippen LogP contribution in [0.25, 0.3) is 0 Å². The van der Waals surface area contributed by atoms with E-state index in [1.54, 1.807) is 11.0 Å². The molecule has 2 amide bonds. The summed E-state index contributed by atoms with van der Waals surface area (Å²) in [5.41, 5.74) is 0. The van der Waals surface area contributed by atoms with Crippen molar-refractivity contribution >= 4 is 12.0 Å². The molecule has 0 heterocycles. The lowest BCUT2D eigenvalue weighted by Gasteiger charge is -2.35. The molecule has 0 bridgehead atoms. The van der Waals surface area contributed by atoms with Crippen molar-refractivity contribution in [3.8, 4) is 0 Å². The van der Waals surface area contributed by atoms with Crippen molar-refractivity contribution in [3.63, 3.8) is 0 Å². The monoisotopic (exact) mass is 256 g/mol. The van der Waals surface area contributed by atoms with Crippen molar-refractivity contribution in [2.24, 2.45) is 0 Å². The van der Waals surface area contributed by atoms with Gasteiger partial charge in [0.05, 0.1) is 0 Å². The number of hydrogen-bond acceptors (Lipinski definition) is 2. The number of nitrogens with zero attached hydrogens (tertiary/aromatic N) is 2. The maximum atomic E-state index is 12.4. The number of carboxylic acid groups (broad SMARTS) is 1. The van der Waals surface area contributed by atoms with Gasteiger partial charge in [0.1, 0.15) is 6.54 Å². The van der Waals surface area contributed by atoms with Crippen LogP contribution in [0.3, 0.4) is 0 Å². The predicted octanol–water partition coefficient (Wildman–Crippen LogP) is 2.19. The van der Waals surface area contributed by atoms with Crippen molar-refractivity contribution in [2.75, 3.05) is 13.1 Å². The summed E-state index contributed by atoms with van der Waals surface area (Å²) < 4.78 is 0. The Morgan fingerprint density at radius 2 is 1.83 bits per heavy atom. The smallest absolute Gasteiger partial charge is 0.323 e. The van der Waals surface area contributed by atoms with Gasteiger partial charge in [-0.25, -0.2) is 4.79 Å². The first-order valence-corrected chi connectivity index (χ1v) is 6.25. The second-order valence-corrected chi connectivity index (χ2v) is 4.60. The van der Waals surface area contributed by atoms with Crippen LogP contribution >= 0.6 is 0 Å². The van der Waals surface area contributed by atoms with E-state index in [9.17, 15) is 9.59 Å². The fourth-order valence-corrected chi connectivity index (χ4v) is 1.59. The Bertz CT molecular complexity index is 303. The van der Waals surface area contributed by atoms with Crippen molar-refractivity contribution in [2.45, 2.75) is 46.2 Å². The van der Waals surface area contributed by atoms with Gasteiger partial charge in [-0.05, 0) is 27.2 Å². The van der Waals surface area contributed by atoms with Gasteiger partial charge in [-0.15, -0.1) is 6.58 Å². The number of urea groups is 1. The highest BCUT2D eigenvalue weighted by molar-refractivity contribution is 5.80. The highest BCUT2D eigenvalue weighted by atomic mass is 16.4. The van der Waals surface area contributed by atoms with E-state index in [0.29, 0.717) is 6.54 Å². The van der Waals surface area contributed by atoms with Gasteiger partial charge in [-0.1, -0.05) is 13.0 Å². The molecule has 0 aromatic heterocycles. The second kappa shape index (κ2) is 7.74. The Balaban J connectivity index is 5.01. The minimum Gasteiger partial charge on any atom is -0.480 e. The van der Waals surface area contributed by atoms with Crippen LogP contribution in [0.5, 0.6) is 0 Å². The van der Waals surface area contributed by atoms with Gasteiger partial charge in [0.25, 0.3) is 0 Å². The number of rotatable bonds is 7. The third-order valence-corrected chi connectivity index (χ3v) is 2.87. The van der Waals surface area contributed by atoms with Crippen molar-refractivity contribution in [3.05, 3.63) is 12.7 Å². The van der Waals surface area contributed by atoms with Gasteiger partial charge in [-0.3, -0.25) is 4.79 Å². The molecule has 5 nitrogen and oxygen atoms in total. The lowest BCUT2D eigenvalue weighted by atomic mass is 10.2. The second-order valence-electron chi connectivity index (χ2n) is 4.60. The SMILES string of the molecule is C=CCN(C(=O)N(CC(=O)O)C(C)CC)C(C)C. The topological polar surface area (TPSA) is 60.9 Å². The molecule has 0 aliphatic rings. The summed E-state index contributed by atoms with van der Waals surface area (Å²) in [6.45, 7) is 11.4. The lowest BCUT2D eigenvalue weighted by molar-refractivity contribution is -0.138. The van der Waals surface area contributed by atoms with Crippen molar-refractivity contribution < 1.29 is 14.7 Å². The van der Waals surface area contributed by atoms with Gasteiger partial charge < -0.3 is 14.9 Å². The Kier molecular flexibility index (Phi) is 7.08. The zero-order chi connectivity index (χ0) is 14.3. The van der Waals surface area contributed by atoms with Crippen LogP contribution in [0.15, 0.2) is 12.7 Å². The zero-order valence-corrected chi connectivity index (χ0v) is 11.7. The van der Waals surface area contributed by atoms with Crippen LogP contribution < -0.4 is 0 Å². The molecule has 5 heteroatoms. The fraction of sp³-hybridized carbons (Fsp3) is 0.692. The van der Waals surface area contributed by atoms with Crippen LogP contribution in [0.1, 0.15) is 34.1 Å². The van der Waals surface area contributed by atoms with Gasteiger partial charge in [0.15, 0.2) is 0 Å². The minimum atomic E-state index is -0.994. The van der Waals surface area contributed by atoms with Crippen LogP contribution in [0.2, 0.25) is 0 Å². The molecular weight excluding hydrogens is 232 g/mol. The molecule has 0 radical (unpaired) electrons. The highest BCUT2D eigenvalue weighted by Crippen LogP contribution is 2.10. The molecule has 104 valence electrons. The summed E-state index contributed by atoms with van der Waals surface area (Å²) in [6.07, 6.45) is 2.37. The predicted molar refractivity (Wildman–Crippen MR) is 71.5 cm³/mol. The molecule has 0 rings (SSSR count). The molecule has 1 atom stereocenters. The average molecular weight is 256 g/mol. The van der Waals surface area contributed by atoms with Gasteiger partial charge >= 0.3 is 12.0 Å².